The molecule has 0 heterocycles. The van der Waals surface area contributed by atoms with Crippen LogP contribution in [-0.2, 0) is 4.79 Å². The van der Waals surface area contributed by atoms with E-state index in [4.69, 9.17) is 0 Å². The molecule has 0 fully saturated rings. The Kier molecular flexibility index (Phi) is 2.32. The second kappa shape index (κ2) is 3.01. The second-order valence-corrected chi connectivity index (χ2v) is 3.24. The number of carbonyl (C=O) groups excluding carboxylic acids is 1. The molecular formula is C9H9F3O. The molecule has 0 bridgehead atoms. The number of ketones is 1. The molecule has 0 amide bonds. The van der Waals surface area contributed by atoms with Crippen molar-refractivity contribution in [1.82, 2.24) is 0 Å². The number of rotatable bonds is 1. The van der Waals surface area contributed by atoms with Crippen molar-refractivity contribution < 1.29 is 18.0 Å². The predicted molar refractivity (Wildman–Crippen MR) is 42.1 cm³/mol. The first-order valence-electron chi connectivity index (χ1n) is 3.81. The van der Waals surface area contributed by atoms with Crippen LogP contribution in [0.15, 0.2) is 23.3 Å². The molecule has 0 spiro atoms. The van der Waals surface area contributed by atoms with E-state index in [0.29, 0.717) is 6.08 Å². The van der Waals surface area contributed by atoms with Crippen molar-refractivity contribution in [2.45, 2.75) is 25.9 Å². The van der Waals surface area contributed by atoms with Gasteiger partial charge in [0.05, 0.1) is 5.57 Å². The minimum Gasteiger partial charge on any atom is -0.295 e. The highest BCUT2D eigenvalue weighted by atomic mass is 19.2. The van der Waals surface area contributed by atoms with Crippen LogP contribution >= 0.6 is 0 Å². The zero-order valence-corrected chi connectivity index (χ0v) is 7.33. The van der Waals surface area contributed by atoms with Gasteiger partial charge in [-0.1, -0.05) is 0 Å². The Morgan fingerprint density at radius 3 is 2.46 bits per heavy atom. The van der Waals surface area contributed by atoms with E-state index in [1.54, 1.807) is 0 Å². The molecule has 0 aromatic carbocycles. The van der Waals surface area contributed by atoms with Crippen molar-refractivity contribution in [3.05, 3.63) is 23.3 Å². The molecule has 4 heteroatoms. The first kappa shape index (κ1) is 10.0. The fourth-order valence-electron chi connectivity index (χ4n) is 1.45. The summed E-state index contributed by atoms with van der Waals surface area (Å²) in [7, 11) is 0. The molecule has 0 aromatic rings. The van der Waals surface area contributed by atoms with E-state index < -0.39 is 35.1 Å². The first-order chi connectivity index (χ1) is 5.84. The molecule has 1 unspecified atom stereocenters. The molecule has 0 aromatic heterocycles. The van der Waals surface area contributed by atoms with E-state index in [-0.39, 0.29) is 0 Å². The molecule has 1 atom stereocenters. The van der Waals surface area contributed by atoms with Crippen LogP contribution in [0.4, 0.5) is 13.2 Å². The Balaban J connectivity index is 3.24. The maximum Gasteiger partial charge on any atom is 0.161 e. The summed E-state index contributed by atoms with van der Waals surface area (Å²) >= 11 is 0. The molecule has 0 aliphatic heterocycles. The lowest BCUT2D eigenvalue weighted by molar-refractivity contribution is -0.115. The average molecular weight is 190 g/mol. The summed E-state index contributed by atoms with van der Waals surface area (Å²) in [5, 5.41) is 0. The number of allylic oxidation sites excluding steroid dienone is 4. The Morgan fingerprint density at radius 2 is 2.08 bits per heavy atom. The molecule has 0 radical (unpaired) electrons. The normalized spacial score (nSPS) is 28.8. The summed E-state index contributed by atoms with van der Waals surface area (Å²) in [5.74, 6) is -2.69. The summed E-state index contributed by atoms with van der Waals surface area (Å²) < 4.78 is 39.0. The van der Waals surface area contributed by atoms with E-state index in [1.165, 1.54) is 0 Å². The van der Waals surface area contributed by atoms with Crippen LogP contribution < -0.4 is 0 Å². The van der Waals surface area contributed by atoms with Crippen LogP contribution in [0, 0.1) is 0 Å². The third-order valence-corrected chi connectivity index (χ3v) is 1.90. The third-order valence-electron chi connectivity index (χ3n) is 1.90. The highest BCUT2D eigenvalue weighted by Crippen LogP contribution is 2.37. The van der Waals surface area contributed by atoms with E-state index in [1.807, 2.05) is 0 Å². The molecule has 1 rings (SSSR count). The zero-order valence-electron chi connectivity index (χ0n) is 7.33. The smallest absolute Gasteiger partial charge is 0.161 e. The molecule has 1 aliphatic carbocycles. The van der Waals surface area contributed by atoms with Gasteiger partial charge in [0.25, 0.3) is 0 Å². The Hall–Kier alpha value is -1.06. The van der Waals surface area contributed by atoms with Crippen molar-refractivity contribution in [3.8, 4) is 0 Å². The fraction of sp³-hybridized carbons (Fsp3) is 0.444. The molecule has 0 saturated heterocycles. The van der Waals surface area contributed by atoms with E-state index >= 15 is 0 Å². The summed E-state index contributed by atoms with van der Waals surface area (Å²) in [6, 6.07) is 0. The van der Waals surface area contributed by atoms with Crippen molar-refractivity contribution >= 4 is 5.78 Å². The van der Waals surface area contributed by atoms with Gasteiger partial charge in [0.15, 0.2) is 5.78 Å². The lowest BCUT2D eigenvalue weighted by atomic mass is 9.86. The first-order valence-corrected chi connectivity index (χ1v) is 3.81. The van der Waals surface area contributed by atoms with Gasteiger partial charge in [-0.25, -0.2) is 13.2 Å². The van der Waals surface area contributed by atoms with Crippen molar-refractivity contribution in [3.63, 3.8) is 0 Å². The standard InChI is InChI=1S/C9H9F3O/c1-5(13)8-7(11)3-6(10)4-9(8,2)12/h3H,4H2,1-2H3. The summed E-state index contributed by atoms with van der Waals surface area (Å²) in [6.45, 7) is 2.06. The molecular weight excluding hydrogens is 181 g/mol. The maximum atomic E-state index is 13.5. The number of carbonyl (C=O) groups is 1. The lowest BCUT2D eigenvalue weighted by Gasteiger charge is -2.24. The molecule has 0 saturated carbocycles. The van der Waals surface area contributed by atoms with Gasteiger partial charge in [0.1, 0.15) is 17.3 Å². The fourth-order valence-corrected chi connectivity index (χ4v) is 1.45. The van der Waals surface area contributed by atoms with Gasteiger partial charge in [0.2, 0.25) is 0 Å². The Bertz CT molecular complexity index is 313. The van der Waals surface area contributed by atoms with Gasteiger partial charge in [-0.2, -0.15) is 0 Å². The number of hydrogen-bond donors (Lipinski definition) is 0. The Morgan fingerprint density at radius 1 is 1.54 bits per heavy atom. The lowest BCUT2D eigenvalue weighted by Crippen LogP contribution is -2.29. The minimum absolute atomic E-state index is 0.554. The largest absolute Gasteiger partial charge is 0.295 e. The average Bonchev–Trinajstić information content (AvgIpc) is 1.78. The summed E-state index contributed by atoms with van der Waals surface area (Å²) in [4.78, 5) is 10.8. The number of halogens is 3. The minimum atomic E-state index is -2.23. The maximum absolute atomic E-state index is 13.5. The van der Waals surface area contributed by atoms with Crippen LogP contribution in [0.3, 0.4) is 0 Å². The van der Waals surface area contributed by atoms with Crippen LogP contribution in [0.1, 0.15) is 20.3 Å². The highest BCUT2D eigenvalue weighted by Gasteiger charge is 2.38. The zero-order chi connectivity index (χ0) is 10.2. The molecule has 13 heavy (non-hydrogen) atoms. The van der Waals surface area contributed by atoms with Gasteiger partial charge in [0, 0.05) is 12.5 Å². The second-order valence-electron chi connectivity index (χ2n) is 3.24. The Labute approximate surface area is 73.9 Å². The van der Waals surface area contributed by atoms with Crippen LogP contribution in [-0.4, -0.2) is 11.5 Å². The molecule has 0 N–H and O–H groups in total. The van der Waals surface area contributed by atoms with Crippen molar-refractivity contribution in [1.29, 1.82) is 0 Å². The van der Waals surface area contributed by atoms with Gasteiger partial charge < -0.3 is 0 Å². The molecule has 72 valence electrons. The highest BCUT2D eigenvalue weighted by molar-refractivity contribution is 5.96. The van der Waals surface area contributed by atoms with Gasteiger partial charge in [-0.15, -0.1) is 0 Å². The summed E-state index contributed by atoms with van der Waals surface area (Å²) in [6.07, 6.45) is -0.0204. The number of alkyl halides is 1. The quantitative estimate of drug-likeness (QED) is 0.621. The predicted octanol–water partition coefficient (Wildman–Crippen LogP) is 2.78. The molecule has 1 aliphatic rings. The number of Topliss-reactive ketones (excluding diaryl/α,β-unsaturated/α-hetero) is 1. The van der Waals surface area contributed by atoms with E-state index in [9.17, 15) is 18.0 Å². The van der Waals surface area contributed by atoms with Gasteiger partial charge in [-0.3, -0.25) is 4.79 Å². The topological polar surface area (TPSA) is 17.1 Å². The van der Waals surface area contributed by atoms with Crippen molar-refractivity contribution in [2.75, 3.05) is 0 Å². The third kappa shape index (κ3) is 1.82. The SMILES string of the molecule is CC(=O)C1=C(F)C=C(F)CC1(C)F. The monoisotopic (exact) mass is 190 g/mol. The van der Waals surface area contributed by atoms with E-state index in [0.717, 1.165) is 13.8 Å². The van der Waals surface area contributed by atoms with Crippen LogP contribution in [0.25, 0.3) is 0 Å². The number of hydrogen-bond acceptors (Lipinski definition) is 1. The molecule has 1 nitrogen and oxygen atoms in total. The van der Waals surface area contributed by atoms with Gasteiger partial charge >= 0.3 is 0 Å². The van der Waals surface area contributed by atoms with E-state index in [2.05, 4.69) is 0 Å². The van der Waals surface area contributed by atoms with Gasteiger partial charge in [-0.05, 0) is 13.8 Å². The van der Waals surface area contributed by atoms with Crippen LogP contribution in [0.5, 0.6) is 0 Å². The van der Waals surface area contributed by atoms with Crippen LogP contribution in [0.2, 0.25) is 0 Å². The van der Waals surface area contributed by atoms with Crippen molar-refractivity contribution in [2.24, 2.45) is 0 Å². The summed E-state index contributed by atoms with van der Waals surface area (Å²) in [5.41, 5.74) is -2.80.